The minimum Gasteiger partial charge on any atom is -0.497 e. The summed E-state index contributed by atoms with van der Waals surface area (Å²) in [5.41, 5.74) is 6.29. The lowest BCUT2D eigenvalue weighted by Crippen LogP contribution is -2.38. The van der Waals surface area contributed by atoms with Crippen molar-refractivity contribution >= 4 is 11.6 Å². The summed E-state index contributed by atoms with van der Waals surface area (Å²) in [5, 5.41) is 13.5. The van der Waals surface area contributed by atoms with Gasteiger partial charge in [-0.15, -0.1) is 0 Å². The van der Waals surface area contributed by atoms with Gasteiger partial charge in [0.05, 0.1) is 19.0 Å². The number of nitrogens with zero attached hydrogens (tertiary/aromatic N) is 1. The van der Waals surface area contributed by atoms with Crippen molar-refractivity contribution in [3.05, 3.63) is 65.4 Å². The van der Waals surface area contributed by atoms with Crippen molar-refractivity contribution in [2.24, 2.45) is 0 Å². The number of methoxy groups -OCH3 is 1. The molecule has 0 radical (unpaired) electrons. The molecule has 138 valence electrons. The summed E-state index contributed by atoms with van der Waals surface area (Å²) in [6.07, 6.45) is 2.46. The molecule has 27 heavy (non-hydrogen) atoms. The van der Waals surface area contributed by atoms with Crippen LogP contribution in [0.1, 0.15) is 16.7 Å². The van der Waals surface area contributed by atoms with Gasteiger partial charge in [0.25, 0.3) is 0 Å². The number of rotatable bonds is 5. The molecule has 3 aromatic rings. The van der Waals surface area contributed by atoms with E-state index in [0.717, 1.165) is 28.3 Å². The summed E-state index contributed by atoms with van der Waals surface area (Å²) < 4.78 is 5.20. The van der Waals surface area contributed by atoms with E-state index in [0.29, 0.717) is 13.0 Å². The minimum absolute atomic E-state index is 0.00858. The fraction of sp³-hybridized carbons (Fsp3) is 0.238. The van der Waals surface area contributed by atoms with Gasteiger partial charge in [-0.1, -0.05) is 17.7 Å². The lowest BCUT2D eigenvalue weighted by atomic mass is 10.1. The van der Waals surface area contributed by atoms with Crippen LogP contribution in [0.15, 0.2) is 48.7 Å². The third kappa shape index (κ3) is 3.51. The molecule has 1 atom stereocenters. The van der Waals surface area contributed by atoms with Crippen LogP contribution in [0.4, 0.5) is 5.69 Å². The topological polar surface area (TPSA) is 79.0 Å². The molecule has 2 aromatic carbocycles. The van der Waals surface area contributed by atoms with Crippen molar-refractivity contribution in [2.45, 2.75) is 25.9 Å². The third-order valence-corrected chi connectivity index (χ3v) is 4.88. The summed E-state index contributed by atoms with van der Waals surface area (Å²) in [7, 11) is 1.64. The van der Waals surface area contributed by atoms with Gasteiger partial charge in [-0.25, -0.2) is 0 Å². The van der Waals surface area contributed by atoms with E-state index in [1.807, 2.05) is 30.3 Å². The predicted octanol–water partition coefficient (Wildman–Crippen LogP) is 3.05. The average Bonchev–Trinajstić information content (AvgIpc) is 3.32. The number of nitrogens with one attached hydrogen (secondary N) is 3. The molecular formula is C21H22N4O2. The molecule has 1 aliphatic rings. The number of amides is 1. The van der Waals surface area contributed by atoms with Gasteiger partial charge in [0, 0.05) is 29.8 Å². The number of aryl methyl sites for hydroxylation is 1. The zero-order valence-electron chi connectivity index (χ0n) is 15.4. The van der Waals surface area contributed by atoms with Crippen LogP contribution in [-0.2, 0) is 17.8 Å². The Kier molecular flexibility index (Phi) is 4.54. The largest absolute Gasteiger partial charge is 0.497 e. The molecule has 0 spiro atoms. The molecule has 1 amide bonds. The van der Waals surface area contributed by atoms with Gasteiger partial charge >= 0.3 is 0 Å². The second-order valence-corrected chi connectivity index (χ2v) is 6.78. The number of aromatic amines is 1. The average molecular weight is 362 g/mol. The monoisotopic (exact) mass is 362 g/mol. The van der Waals surface area contributed by atoms with E-state index in [4.69, 9.17) is 4.74 Å². The Balaban J connectivity index is 1.41. The minimum atomic E-state index is -0.238. The smallest absolute Gasteiger partial charge is 0.243 e. The van der Waals surface area contributed by atoms with Gasteiger partial charge in [0.15, 0.2) is 0 Å². The van der Waals surface area contributed by atoms with E-state index in [-0.39, 0.29) is 11.9 Å². The van der Waals surface area contributed by atoms with E-state index in [9.17, 15) is 4.79 Å². The lowest BCUT2D eigenvalue weighted by molar-refractivity contribution is -0.121. The van der Waals surface area contributed by atoms with Gasteiger partial charge in [0.1, 0.15) is 11.8 Å². The van der Waals surface area contributed by atoms with Crippen LogP contribution >= 0.6 is 0 Å². The van der Waals surface area contributed by atoms with Crippen molar-refractivity contribution in [1.82, 2.24) is 15.5 Å². The maximum absolute atomic E-state index is 12.6. The van der Waals surface area contributed by atoms with Gasteiger partial charge in [-0.05, 0) is 42.8 Å². The molecule has 6 nitrogen and oxygen atoms in total. The molecule has 1 aliphatic heterocycles. The number of anilines is 1. The van der Waals surface area contributed by atoms with E-state index >= 15 is 0 Å². The summed E-state index contributed by atoms with van der Waals surface area (Å²) in [4.78, 5) is 12.6. The first-order valence-corrected chi connectivity index (χ1v) is 8.94. The number of hydrogen-bond donors (Lipinski definition) is 3. The number of carbonyl (C=O) groups is 1. The molecule has 0 saturated carbocycles. The molecule has 3 N–H and O–H groups in total. The molecule has 0 aliphatic carbocycles. The number of ether oxygens (including phenoxy) is 1. The standard InChI is InChI=1S/C21H22N4O2/c1-13-3-8-18-15(9-13)10-19(24-18)21(26)22-11-16-12-23-25-20(16)14-4-6-17(27-2)7-5-14/h3-9,12,19,24H,10-11H2,1-2H3,(H,22,26)(H,23,25). The van der Waals surface area contributed by atoms with Crippen LogP contribution in [-0.4, -0.2) is 29.3 Å². The number of fused-ring (bicyclic) bond motifs is 1. The second kappa shape index (κ2) is 7.15. The Morgan fingerprint density at radius 3 is 2.85 bits per heavy atom. The quantitative estimate of drug-likeness (QED) is 0.652. The van der Waals surface area contributed by atoms with Crippen molar-refractivity contribution in [1.29, 1.82) is 0 Å². The summed E-state index contributed by atoms with van der Waals surface area (Å²) >= 11 is 0. The number of hydrogen-bond acceptors (Lipinski definition) is 4. The van der Waals surface area contributed by atoms with Crippen LogP contribution in [0, 0.1) is 6.92 Å². The van der Waals surface area contributed by atoms with Crippen molar-refractivity contribution in [2.75, 3.05) is 12.4 Å². The molecule has 2 heterocycles. The fourth-order valence-corrected chi connectivity index (χ4v) is 3.41. The van der Waals surface area contributed by atoms with E-state index < -0.39 is 0 Å². The van der Waals surface area contributed by atoms with Crippen molar-refractivity contribution < 1.29 is 9.53 Å². The Bertz CT molecular complexity index is 963. The second-order valence-electron chi connectivity index (χ2n) is 6.78. The summed E-state index contributed by atoms with van der Waals surface area (Å²) in [6, 6.07) is 13.7. The zero-order chi connectivity index (χ0) is 18.8. The highest BCUT2D eigenvalue weighted by molar-refractivity contribution is 5.87. The van der Waals surface area contributed by atoms with E-state index in [2.05, 4.69) is 39.9 Å². The predicted molar refractivity (Wildman–Crippen MR) is 105 cm³/mol. The Labute approximate surface area is 158 Å². The first-order chi connectivity index (χ1) is 13.1. The normalized spacial score (nSPS) is 15.1. The Morgan fingerprint density at radius 2 is 2.07 bits per heavy atom. The van der Waals surface area contributed by atoms with Gasteiger partial charge in [-0.3, -0.25) is 9.89 Å². The number of carbonyl (C=O) groups excluding carboxylic acids is 1. The highest BCUT2D eigenvalue weighted by Crippen LogP contribution is 2.27. The fourth-order valence-electron chi connectivity index (χ4n) is 3.41. The van der Waals surface area contributed by atoms with Crippen LogP contribution in [0.25, 0.3) is 11.3 Å². The molecule has 0 saturated heterocycles. The lowest BCUT2D eigenvalue weighted by Gasteiger charge is -2.12. The van der Waals surface area contributed by atoms with Gasteiger partial charge in [0.2, 0.25) is 5.91 Å². The summed E-state index contributed by atoms with van der Waals surface area (Å²) in [5.74, 6) is 0.793. The number of benzene rings is 2. The number of H-pyrrole nitrogens is 1. The molecule has 0 bridgehead atoms. The third-order valence-electron chi connectivity index (χ3n) is 4.88. The highest BCUT2D eigenvalue weighted by atomic mass is 16.5. The SMILES string of the molecule is COc1ccc(-c2[nH]ncc2CNC(=O)C2Cc3cc(C)ccc3N2)cc1. The number of aromatic nitrogens is 2. The maximum Gasteiger partial charge on any atom is 0.243 e. The molecule has 1 aromatic heterocycles. The van der Waals surface area contributed by atoms with Crippen molar-refractivity contribution in [3.63, 3.8) is 0 Å². The van der Waals surface area contributed by atoms with Crippen LogP contribution < -0.4 is 15.4 Å². The van der Waals surface area contributed by atoms with Crippen LogP contribution in [0.2, 0.25) is 0 Å². The molecule has 4 rings (SSSR count). The van der Waals surface area contributed by atoms with Crippen LogP contribution in [0.5, 0.6) is 5.75 Å². The van der Waals surface area contributed by atoms with E-state index in [1.165, 1.54) is 11.1 Å². The highest BCUT2D eigenvalue weighted by Gasteiger charge is 2.26. The Morgan fingerprint density at radius 1 is 1.26 bits per heavy atom. The first-order valence-electron chi connectivity index (χ1n) is 8.94. The molecular weight excluding hydrogens is 340 g/mol. The maximum atomic E-state index is 12.6. The molecule has 6 heteroatoms. The Hall–Kier alpha value is -3.28. The van der Waals surface area contributed by atoms with Gasteiger partial charge in [-0.2, -0.15) is 5.10 Å². The first kappa shape index (κ1) is 17.1. The van der Waals surface area contributed by atoms with Gasteiger partial charge < -0.3 is 15.4 Å². The van der Waals surface area contributed by atoms with E-state index in [1.54, 1.807) is 13.3 Å². The van der Waals surface area contributed by atoms with Crippen LogP contribution in [0.3, 0.4) is 0 Å². The van der Waals surface area contributed by atoms with Crippen molar-refractivity contribution in [3.8, 4) is 17.0 Å². The molecule has 1 unspecified atom stereocenters. The zero-order valence-corrected chi connectivity index (χ0v) is 15.4. The molecule has 0 fully saturated rings. The summed E-state index contributed by atoms with van der Waals surface area (Å²) in [6.45, 7) is 2.48.